The lowest BCUT2D eigenvalue weighted by molar-refractivity contribution is -0.384. The Bertz CT molecular complexity index is 689. The Morgan fingerprint density at radius 2 is 2.04 bits per heavy atom. The first-order chi connectivity index (χ1) is 11.7. The standard InChI is InChI=1S/C17H23N3O5/c1-10(2)18-16(21)12-4-5-14(15(7-12)20(24)25)19-8-11(3)6-13(9-19)17(22)23/h4-5,7,10-11,13H,6,8-9H2,1-3H3,(H,18,21)(H,22,23). The van der Waals surface area contributed by atoms with Crippen LogP contribution in [0.25, 0.3) is 0 Å². The van der Waals surface area contributed by atoms with E-state index >= 15 is 0 Å². The molecule has 2 N–H and O–H groups in total. The van der Waals surface area contributed by atoms with Gasteiger partial charge in [0.05, 0.1) is 10.8 Å². The second-order valence-corrected chi connectivity index (χ2v) is 6.87. The van der Waals surface area contributed by atoms with E-state index in [2.05, 4.69) is 5.32 Å². The van der Waals surface area contributed by atoms with Crippen molar-refractivity contribution in [1.29, 1.82) is 0 Å². The molecule has 1 amide bonds. The molecular weight excluding hydrogens is 326 g/mol. The Kier molecular flexibility index (Phi) is 5.61. The number of benzene rings is 1. The number of nitrogens with zero attached hydrogens (tertiary/aromatic N) is 2. The highest BCUT2D eigenvalue weighted by molar-refractivity contribution is 5.96. The van der Waals surface area contributed by atoms with Gasteiger partial charge in [0.25, 0.3) is 11.6 Å². The Hall–Kier alpha value is -2.64. The molecule has 25 heavy (non-hydrogen) atoms. The summed E-state index contributed by atoms with van der Waals surface area (Å²) in [5.41, 5.74) is 0.377. The largest absolute Gasteiger partial charge is 0.481 e. The molecule has 0 saturated carbocycles. The van der Waals surface area contributed by atoms with Gasteiger partial charge < -0.3 is 15.3 Å². The number of hydrogen-bond donors (Lipinski definition) is 2. The summed E-state index contributed by atoms with van der Waals surface area (Å²) >= 11 is 0. The number of aliphatic carboxylic acids is 1. The molecule has 2 unspecified atom stereocenters. The third kappa shape index (κ3) is 4.46. The average molecular weight is 349 g/mol. The minimum atomic E-state index is -0.896. The number of amides is 1. The number of hydrogen-bond acceptors (Lipinski definition) is 5. The zero-order valence-corrected chi connectivity index (χ0v) is 14.6. The van der Waals surface area contributed by atoms with Crippen molar-refractivity contribution in [2.45, 2.75) is 33.2 Å². The third-order valence-electron chi connectivity index (χ3n) is 4.20. The number of carbonyl (C=O) groups is 2. The average Bonchev–Trinajstić information content (AvgIpc) is 2.52. The fourth-order valence-corrected chi connectivity index (χ4v) is 3.15. The van der Waals surface area contributed by atoms with E-state index < -0.39 is 16.8 Å². The smallest absolute Gasteiger partial charge is 0.308 e. The van der Waals surface area contributed by atoms with Crippen molar-refractivity contribution in [2.75, 3.05) is 18.0 Å². The zero-order chi connectivity index (χ0) is 18.7. The van der Waals surface area contributed by atoms with E-state index in [1.807, 2.05) is 20.8 Å². The zero-order valence-electron chi connectivity index (χ0n) is 14.6. The summed E-state index contributed by atoms with van der Waals surface area (Å²) in [4.78, 5) is 36.1. The number of anilines is 1. The van der Waals surface area contributed by atoms with E-state index in [1.165, 1.54) is 18.2 Å². The SMILES string of the molecule is CC1CC(C(=O)O)CN(c2ccc(C(=O)NC(C)C)cc2[N+](=O)[O-])C1. The number of nitrogens with one attached hydrogen (secondary N) is 1. The summed E-state index contributed by atoms with van der Waals surface area (Å²) < 4.78 is 0. The van der Waals surface area contributed by atoms with Crippen LogP contribution in [-0.4, -0.2) is 41.0 Å². The van der Waals surface area contributed by atoms with Crippen LogP contribution in [0.5, 0.6) is 0 Å². The van der Waals surface area contributed by atoms with Crippen LogP contribution >= 0.6 is 0 Å². The molecule has 1 aliphatic heterocycles. The van der Waals surface area contributed by atoms with Crippen molar-refractivity contribution in [3.63, 3.8) is 0 Å². The first-order valence-electron chi connectivity index (χ1n) is 8.26. The molecule has 136 valence electrons. The quantitative estimate of drug-likeness (QED) is 0.623. The number of carbonyl (C=O) groups excluding carboxylic acids is 1. The molecule has 1 heterocycles. The van der Waals surface area contributed by atoms with Crippen LogP contribution in [0.3, 0.4) is 0 Å². The van der Waals surface area contributed by atoms with Crippen molar-refractivity contribution in [3.05, 3.63) is 33.9 Å². The van der Waals surface area contributed by atoms with Crippen molar-refractivity contribution in [2.24, 2.45) is 11.8 Å². The first kappa shape index (κ1) is 18.7. The fourth-order valence-electron chi connectivity index (χ4n) is 3.15. The predicted octanol–water partition coefficient (Wildman–Crippen LogP) is 2.28. The van der Waals surface area contributed by atoms with Crippen LogP contribution in [-0.2, 0) is 4.79 Å². The number of carboxylic acid groups (broad SMARTS) is 1. The first-order valence-corrected chi connectivity index (χ1v) is 8.26. The van der Waals surface area contributed by atoms with Crippen LogP contribution in [0, 0.1) is 22.0 Å². The molecule has 1 saturated heterocycles. The van der Waals surface area contributed by atoms with Gasteiger partial charge in [-0.3, -0.25) is 19.7 Å². The maximum absolute atomic E-state index is 12.1. The van der Waals surface area contributed by atoms with Crippen LogP contribution in [0.1, 0.15) is 37.6 Å². The van der Waals surface area contributed by atoms with Crippen LogP contribution in [0.2, 0.25) is 0 Å². The van der Waals surface area contributed by atoms with Gasteiger partial charge >= 0.3 is 5.97 Å². The lowest BCUT2D eigenvalue weighted by Gasteiger charge is -2.36. The minimum Gasteiger partial charge on any atom is -0.481 e. The summed E-state index contributed by atoms with van der Waals surface area (Å²) in [6.45, 7) is 6.31. The third-order valence-corrected chi connectivity index (χ3v) is 4.20. The van der Waals surface area contributed by atoms with Crippen LogP contribution in [0.4, 0.5) is 11.4 Å². The highest BCUT2D eigenvalue weighted by Gasteiger charge is 2.32. The highest BCUT2D eigenvalue weighted by Crippen LogP contribution is 2.34. The molecule has 8 heteroatoms. The van der Waals surface area contributed by atoms with Gasteiger partial charge in [0, 0.05) is 30.8 Å². The Morgan fingerprint density at radius 3 is 2.60 bits per heavy atom. The number of nitro groups is 1. The highest BCUT2D eigenvalue weighted by atomic mass is 16.6. The minimum absolute atomic E-state index is 0.0782. The summed E-state index contributed by atoms with van der Waals surface area (Å²) in [5, 5.41) is 23.5. The van der Waals surface area contributed by atoms with E-state index in [-0.39, 0.29) is 35.7 Å². The van der Waals surface area contributed by atoms with Crippen molar-refractivity contribution in [1.82, 2.24) is 5.32 Å². The van der Waals surface area contributed by atoms with Gasteiger partial charge in [-0.2, -0.15) is 0 Å². The predicted molar refractivity (Wildman–Crippen MR) is 92.8 cm³/mol. The second-order valence-electron chi connectivity index (χ2n) is 6.87. The van der Waals surface area contributed by atoms with E-state index in [1.54, 1.807) is 4.90 Å². The molecule has 1 aliphatic rings. The topological polar surface area (TPSA) is 113 Å². The van der Waals surface area contributed by atoms with Crippen molar-refractivity contribution < 1.29 is 19.6 Å². The fraction of sp³-hybridized carbons (Fsp3) is 0.529. The molecule has 0 aliphatic carbocycles. The number of piperidine rings is 1. The molecule has 8 nitrogen and oxygen atoms in total. The lowest BCUT2D eigenvalue weighted by Crippen LogP contribution is -2.42. The molecule has 0 spiro atoms. The molecule has 2 rings (SSSR count). The lowest BCUT2D eigenvalue weighted by atomic mass is 9.90. The number of rotatable bonds is 5. The molecule has 0 aromatic heterocycles. The van der Waals surface area contributed by atoms with Gasteiger partial charge in [-0.25, -0.2) is 0 Å². The normalized spacial score (nSPS) is 20.4. The van der Waals surface area contributed by atoms with E-state index in [0.717, 1.165) is 0 Å². The van der Waals surface area contributed by atoms with Crippen LogP contribution < -0.4 is 10.2 Å². The molecule has 1 aromatic carbocycles. The van der Waals surface area contributed by atoms with Gasteiger partial charge in [-0.05, 0) is 38.3 Å². The number of carboxylic acids is 1. The van der Waals surface area contributed by atoms with Crippen LogP contribution in [0.15, 0.2) is 18.2 Å². The molecule has 0 radical (unpaired) electrons. The maximum Gasteiger partial charge on any atom is 0.308 e. The van der Waals surface area contributed by atoms with Crippen molar-refractivity contribution >= 4 is 23.3 Å². The molecule has 2 atom stereocenters. The monoisotopic (exact) mass is 349 g/mol. The Balaban J connectivity index is 2.35. The summed E-state index contributed by atoms with van der Waals surface area (Å²) in [6, 6.07) is 4.24. The molecule has 1 aromatic rings. The maximum atomic E-state index is 12.1. The van der Waals surface area contributed by atoms with E-state index in [9.17, 15) is 24.8 Å². The number of nitro benzene ring substituents is 1. The Morgan fingerprint density at radius 1 is 1.36 bits per heavy atom. The van der Waals surface area contributed by atoms with E-state index in [4.69, 9.17) is 0 Å². The molecular formula is C17H23N3O5. The summed E-state index contributed by atoms with van der Waals surface area (Å²) in [6.07, 6.45) is 0.550. The van der Waals surface area contributed by atoms with Gasteiger partial charge in [0.15, 0.2) is 0 Å². The Labute approximate surface area is 146 Å². The molecule has 0 bridgehead atoms. The van der Waals surface area contributed by atoms with Gasteiger partial charge in [-0.1, -0.05) is 6.92 Å². The van der Waals surface area contributed by atoms with Crippen molar-refractivity contribution in [3.8, 4) is 0 Å². The van der Waals surface area contributed by atoms with Gasteiger partial charge in [-0.15, -0.1) is 0 Å². The summed E-state index contributed by atoms with van der Waals surface area (Å²) in [5.74, 6) is -1.72. The van der Waals surface area contributed by atoms with Gasteiger partial charge in [0.2, 0.25) is 0 Å². The summed E-state index contributed by atoms with van der Waals surface area (Å²) in [7, 11) is 0. The van der Waals surface area contributed by atoms with E-state index in [0.29, 0.717) is 18.7 Å². The second kappa shape index (κ2) is 7.50. The molecule has 1 fully saturated rings. The van der Waals surface area contributed by atoms with Gasteiger partial charge in [0.1, 0.15) is 5.69 Å².